The Kier molecular flexibility index (Phi) is 2.98. The summed E-state index contributed by atoms with van der Waals surface area (Å²) in [7, 11) is 0. The number of ketones is 1. The van der Waals surface area contributed by atoms with Crippen LogP contribution in [0, 0.1) is 0 Å². The van der Waals surface area contributed by atoms with E-state index < -0.39 is 0 Å². The maximum Gasteiger partial charge on any atom is 0.231 e. The van der Waals surface area contributed by atoms with Crippen LogP contribution in [0.4, 0.5) is 0 Å². The van der Waals surface area contributed by atoms with Gasteiger partial charge < -0.3 is 9.47 Å². The summed E-state index contributed by atoms with van der Waals surface area (Å²) in [6, 6.07) is 10.7. The van der Waals surface area contributed by atoms with Gasteiger partial charge in [0.15, 0.2) is 17.3 Å². The summed E-state index contributed by atoms with van der Waals surface area (Å²) in [6.07, 6.45) is 4.87. The number of ether oxygens (including phenoxy) is 2. The summed E-state index contributed by atoms with van der Waals surface area (Å²) >= 11 is 0. The molecule has 1 aliphatic rings. The van der Waals surface area contributed by atoms with E-state index in [9.17, 15) is 4.79 Å². The fraction of sp³-hybridized carbons (Fsp3) is 0.0667. The highest BCUT2D eigenvalue weighted by Crippen LogP contribution is 2.32. The van der Waals surface area contributed by atoms with Gasteiger partial charge in [-0.1, -0.05) is 6.07 Å². The van der Waals surface area contributed by atoms with Crippen molar-refractivity contribution in [3.8, 4) is 11.5 Å². The fourth-order valence-electron chi connectivity index (χ4n) is 1.78. The van der Waals surface area contributed by atoms with E-state index in [4.69, 9.17) is 9.47 Å². The van der Waals surface area contributed by atoms with Crippen LogP contribution in [0.3, 0.4) is 0 Å². The Morgan fingerprint density at radius 2 is 2.05 bits per heavy atom. The molecule has 0 atom stereocenters. The van der Waals surface area contributed by atoms with Crippen LogP contribution < -0.4 is 9.47 Å². The zero-order chi connectivity index (χ0) is 13.1. The molecule has 0 unspecified atom stereocenters. The molecule has 94 valence electrons. The van der Waals surface area contributed by atoms with E-state index in [0.717, 1.165) is 5.69 Å². The molecule has 4 heteroatoms. The van der Waals surface area contributed by atoms with Crippen LogP contribution >= 0.6 is 0 Å². The van der Waals surface area contributed by atoms with Gasteiger partial charge in [-0.2, -0.15) is 0 Å². The Morgan fingerprint density at radius 1 is 1.16 bits per heavy atom. The number of hydrogen-bond donors (Lipinski definition) is 0. The van der Waals surface area contributed by atoms with Gasteiger partial charge >= 0.3 is 0 Å². The third kappa shape index (κ3) is 2.47. The van der Waals surface area contributed by atoms with E-state index in [1.807, 2.05) is 18.2 Å². The first kappa shape index (κ1) is 11.5. The predicted molar refractivity (Wildman–Crippen MR) is 70.2 cm³/mol. The number of hydrogen-bond acceptors (Lipinski definition) is 4. The Morgan fingerprint density at radius 3 is 2.89 bits per heavy atom. The molecular weight excluding hydrogens is 242 g/mol. The Balaban J connectivity index is 1.79. The van der Waals surface area contributed by atoms with Crippen molar-refractivity contribution in [3.63, 3.8) is 0 Å². The molecule has 3 rings (SSSR count). The lowest BCUT2D eigenvalue weighted by molar-refractivity contribution is 0.104. The van der Waals surface area contributed by atoms with Crippen LogP contribution in [0.1, 0.15) is 16.1 Å². The molecule has 1 aromatic heterocycles. The third-order valence-electron chi connectivity index (χ3n) is 2.75. The first-order chi connectivity index (χ1) is 9.33. The summed E-state index contributed by atoms with van der Waals surface area (Å²) in [6.45, 7) is 0.205. The van der Waals surface area contributed by atoms with E-state index >= 15 is 0 Å². The highest BCUT2D eigenvalue weighted by Gasteiger charge is 2.14. The molecule has 2 aromatic rings. The average Bonchev–Trinajstić information content (AvgIpc) is 2.93. The largest absolute Gasteiger partial charge is 0.454 e. The minimum Gasteiger partial charge on any atom is -0.454 e. The minimum absolute atomic E-state index is 0.0936. The number of nitrogens with zero attached hydrogens (tertiary/aromatic N) is 1. The van der Waals surface area contributed by atoms with Gasteiger partial charge in [0, 0.05) is 11.8 Å². The van der Waals surface area contributed by atoms with Gasteiger partial charge in [0.1, 0.15) is 0 Å². The van der Waals surface area contributed by atoms with Gasteiger partial charge in [0.05, 0.1) is 5.69 Å². The molecule has 1 aromatic carbocycles. The van der Waals surface area contributed by atoms with Gasteiger partial charge in [-0.15, -0.1) is 0 Å². The molecule has 0 saturated carbocycles. The smallest absolute Gasteiger partial charge is 0.231 e. The summed E-state index contributed by atoms with van der Waals surface area (Å²) < 4.78 is 10.4. The van der Waals surface area contributed by atoms with Gasteiger partial charge in [-0.05, 0) is 42.5 Å². The molecule has 0 spiro atoms. The van der Waals surface area contributed by atoms with Crippen molar-refractivity contribution in [2.75, 3.05) is 6.79 Å². The number of aromatic nitrogens is 1. The molecule has 0 amide bonds. The maximum atomic E-state index is 12.0. The Bertz CT molecular complexity index is 635. The van der Waals surface area contributed by atoms with Gasteiger partial charge in [-0.25, -0.2) is 0 Å². The van der Waals surface area contributed by atoms with Gasteiger partial charge in [0.2, 0.25) is 6.79 Å². The van der Waals surface area contributed by atoms with Crippen LogP contribution in [0.25, 0.3) is 6.08 Å². The highest BCUT2D eigenvalue weighted by molar-refractivity contribution is 6.07. The standard InChI is InChI=1S/C15H11NO3/c17-13(6-5-12-3-1-2-8-16-12)11-4-7-14-15(9-11)19-10-18-14/h1-9H,10H2/b6-5+. The molecule has 0 saturated heterocycles. The predicted octanol–water partition coefficient (Wildman–Crippen LogP) is 2.71. The van der Waals surface area contributed by atoms with E-state index in [1.165, 1.54) is 6.08 Å². The number of fused-ring (bicyclic) bond motifs is 1. The topological polar surface area (TPSA) is 48.4 Å². The molecule has 2 heterocycles. The molecule has 1 aliphatic heterocycles. The zero-order valence-corrected chi connectivity index (χ0v) is 10.1. The van der Waals surface area contributed by atoms with Crippen molar-refractivity contribution >= 4 is 11.9 Å². The number of benzene rings is 1. The van der Waals surface area contributed by atoms with Crippen molar-refractivity contribution in [1.29, 1.82) is 0 Å². The average molecular weight is 253 g/mol. The number of rotatable bonds is 3. The lowest BCUT2D eigenvalue weighted by Gasteiger charge is -1.99. The molecule has 0 N–H and O–H groups in total. The lowest BCUT2D eigenvalue weighted by Crippen LogP contribution is -1.94. The molecule has 0 aliphatic carbocycles. The monoisotopic (exact) mass is 253 g/mol. The second-order valence-electron chi connectivity index (χ2n) is 4.02. The van der Waals surface area contributed by atoms with E-state index in [1.54, 1.807) is 30.5 Å². The second-order valence-corrected chi connectivity index (χ2v) is 4.02. The number of allylic oxidation sites excluding steroid dienone is 1. The molecule has 0 fully saturated rings. The first-order valence-corrected chi connectivity index (χ1v) is 5.86. The fourth-order valence-corrected chi connectivity index (χ4v) is 1.78. The summed E-state index contributed by atoms with van der Waals surface area (Å²) in [5.41, 5.74) is 1.31. The van der Waals surface area contributed by atoms with Gasteiger partial charge in [0.25, 0.3) is 0 Å². The van der Waals surface area contributed by atoms with E-state index in [-0.39, 0.29) is 12.6 Å². The van der Waals surface area contributed by atoms with Crippen LogP contribution in [-0.2, 0) is 0 Å². The van der Waals surface area contributed by atoms with Crippen molar-refractivity contribution in [3.05, 3.63) is 59.9 Å². The van der Waals surface area contributed by atoms with Crippen LogP contribution in [0.2, 0.25) is 0 Å². The van der Waals surface area contributed by atoms with Crippen LogP contribution in [-0.4, -0.2) is 17.6 Å². The second kappa shape index (κ2) is 4.94. The molecule has 19 heavy (non-hydrogen) atoms. The zero-order valence-electron chi connectivity index (χ0n) is 10.1. The normalized spacial score (nSPS) is 12.8. The molecule has 4 nitrogen and oxygen atoms in total. The quantitative estimate of drug-likeness (QED) is 0.623. The SMILES string of the molecule is O=C(/C=C/c1ccccn1)c1ccc2c(c1)OCO2. The summed E-state index contributed by atoms with van der Waals surface area (Å²) in [5.74, 6) is 1.19. The number of carbonyl (C=O) groups is 1. The number of carbonyl (C=O) groups excluding carboxylic acids is 1. The Labute approximate surface area is 110 Å². The van der Waals surface area contributed by atoms with Crippen LogP contribution in [0.15, 0.2) is 48.7 Å². The summed E-state index contributed by atoms with van der Waals surface area (Å²) in [4.78, 5) is 16.1. The number of pyridine rings is 1. The summed E-state index contributed by atoms with van der Waals surface area (Å²) in [5, 5.41) is 0. The molecule has 0 radical (unpaired) electrons. The Hall–Kier alpha value is -2.62. The molecular formula is C15H11NO3. The first-order valence-electron chi connectivity index (χ1n) is 5.86. The van der Waals surface area contributed by atoms with Gasteiger partial charge in [-0.3, -0.25) is 9.78 Å². The molecule has 0 bridgehead atoms. The minimum atomic E-state index is -0.0936. The van der Waals surface area contributed by atoms with Crippen LogP contribution in [0.5, 0.6) is 11.5 Å². The third-order valence-corrected chi connectivity index (χ3v) is 2.75. The van der Waals surface area contributed by atoms with E-state index in [2.05, 4.69) is 4.98 Å². The maximum absolute atomic E-state index is 12.0. The highest BCUT2D eigenvalue weighted by atomic mass is 16.7. The van der Waals surface area contributed by atoms with Crippen molar-refractivity contribution < 1.29 is 14.3 Å². The van der Waals surface area contributed by atoms with E-state index in [0.29, 0.717) is 17.1 Å². The van der Waals surface area contributed by atoms with Crippen molar-refractivity contribution in [1.82, 2.24) is 4.98 Å². The van der Waals surface area contributed by atoms with Crippen molar-refractivity contribution in [2.24, 2.45) is 0 Å². The van der Waals surface area contributed by atoms with Crippen molar-refractivity contribution in [2.45, 2.75) is 0 Å². The lowest BCUT2D eigenvalue weighted by atomic mass is 10.1.